The molecule has 21 heavy (non-hydrogen) atoms. The molecule has 0 saturated carbocycles. The van der Waals surface area contributed by atoms with Crippen LogP contribution in [0.15, 0.2) is 17.0 Å². The molecule has 1 atom stereocenters. The highest BCUT2D eigenvalue weighted by Gasteiger charge is 2.28. The summed E-state index contributed by atoms with van der Waals surface area (Å²) in [7, 11) is -1.38. The van der Waals surface area contributed by atoms with Crippen LogP contribution >= 0.6 is 0 Å². The van der Waals surface area contributed by atoms with E-state index >= 15 is 0 Å². The number of hydrogen-bond donors (Lipinski definition) is 2. The summed E-state index contributed by atoms with van der Waals surface area (Å²) in [5, 5.41) is 9.11. The molecule has 0 spiro atoms. The number of rotatable bonds is 6. The third-order valence-corrected chi connectivity index (χ3v) is 4.68. The fourth-order valence-corrected chi connectivity index (χ4v) is 3.63. The summed E-state index contributed by atoms with van der Waals surface area (Å²) in [6, 6.07) is 1.81. The van der Waals surface area contributed by atoms with Crippen LogP contribution in [0.5, 0.6) is 5.75 Å². The normalized spacial score (nSPS) is 12.8. The Hall–Kier alpha value is -1.64. The van der Waals surface area contributed by atoms with E-state index in [1.54, 1.807) is 26.0 Å². The third-order valence-electron chi connectivity index (χ3n) is 2.90. The largest absolute Gasteiger partial charge is 0.497 e. The Balaban J connectivity index is 3.22. The molecular formula is C13H19NO6S. The molecule has 1 aromatic rings. The van der Waals surface area contributed by atoms with E-state index < -0.39 is 28.6 Å². The van der Waals surface area contributed by atoms with Gasteiger partial charge in [0, 0.05) is 0 Å². The molecule has 0 aliphatic rings. The van der Waals surface area contributed by atoms with Gasteiger partial charge >= 0.3 is 5.97 Å². The Morgan fingerprint density at radius 2 is 1.81 bits per heavy atom. The van der Waals surface area contributed by atoms with Crippen molar-refractivity contribution in [3.05, 3.63) is 23.3 Å². The molecule has 0 aromatic heterocycles. The van der Waals surface area contributed by atoms with Crippen molar-refractivity contribution in [1.29, 1.82) is 0 Å². The van der Waals surface area contributed by atoms with Gasteiger partial charge in [0.1, 0.15) is 11.8 Å². The molecule has 0 fully saturated rings. The average molecular weight is 317 g/mol. The molecule has 0 amide bonds. The second kappa shape index (κ2) is 6.88. The highest BCUT2D eigenvalue weighted by Crippen LogP contribution is 2.25. The first-order chi connectivity index (χ1) is 9.76. The molecule has 0 aliphatic carbocycles. The number of esters is 1. The van der Waals surface area contributed by atoms with Crippen LogP contribution < -0.4 is 9.46 Å². The fraction of sp³-hybridized carbons (Fsp3) is 0.462. The number of aliphatic hydroxyl groups is 1. The van der Waals surface area contributed by atoms with E-state index in [1.165, 1.54) is 7.11 Å². The van der Waals surface area contributed by atoms with Crippen LogP contribution in [0.3, 0.4) is 0 Å². The van der Waals surface area contributed by atoms with E-state index in [1.807, 2.05) is 0 Å². The van der Waals surface area contributed by atoms with E-state index in [4.69, 9.17) is 9.84 Å². The highest BCUT2D eigenvalue weighted by atomic mass is 32.2. The van der Waals surface area contributed by atoms with Crippen LogP contribution in [0.2, 0.25) is 0 Å². The molecule has 0 bridgehead atoms. The van der Waals surface area contributed by atoms with Crippen molar-refractivity contribution in [2.45, 2.75) is 24.8 Å². The molecule has 8 heteroatoms. The SMILES string of the molecule is COC(=O)C(CO)NS(=O)(=O)c1c(C)cc(OC)cc1C. The Kier molecular flexibility index (Phi) is 5.70. The maximum atomic E-state index is 12.4. The quantitative estimate of drug-likeness (QED) is 0.723. The highest BCUT2D eigenvalue weighted by molar-refractivity contribution is 7.89. The third kappa shape index (κ3) is 3.93. The lowest BCUT2D eigenvalue weighted by Gasteiger charge is -2.17. The standard InChI is InChI=1S/C13H19NO6S/c1-8-5-10(19-3)6-9(2)12(8)21(17,18)14-11(7-15)13(16)20-4/h5-6,11,14-15H,7H2,1-4H3. The number of ether oxygens (including phenoxy) is 2. The van der Waals surface area contributed by atoms with Gasteiger partial charge in [-0.3, -0.25) is 4.79 Å². The van der Waals surface area contributed by atoms with Gasteiger partial charge in [0.05, 0.1) is 25.7 Å². The van der Waals surface area contributed by atoms with Crippen molar-refractivity contribution in [1.82, 2.24) is 4.72 Å². The molecule has 0 aliphatic heterocycles. The van der Waals surface area contributed by atoms with Crippen LogP contribution in [-0.2, 0) is 19.6 Å². The minimum atomic E-state index is -3.98. The second-order valence-corrected chi connectivity index (χ2v) is 6.12. The molecule has 1 unspecified atom stereocenters. The molecule has 118 valence electrons. The van der Waals surface area contributed by atoms with Gasteiger partial charge < -0.3 is 14.6 Å². The smallest absolute Gasteiger partial charge is 0.326 e. The van der Waals surface area contributed by atoms with Crippen LogP contribution in [-0.4, -0.2) is 46.4 Å². The Morgan fingerprint density at radius 3 is 2.19 bits per heavy atom. The predicted molar refractivity (Wildman–Crippen MR) is 75.7 cm³/mol. The number of aryl methyl sites for hydroxylation is 2. The summed E-state index contributed by atoms with van der Waals surface area (Å²) in [4.78, 5) is 11.4. The lowest BCUT2D eigenvalue weighted by atomic mass is 10.1. The molecule has 1 rings (SSSR count). The number of carbonyl (C=O) groups excluding carboxylic acids is 1. The number of benzene rings is 1. The zero-order valence-corrected chi connectivity index (χ0v) is 13.2. The number of hydrogen-bond acceptors (Lipinski definition) is 6. The monoisotopic (exact) mass is 317 g/mol. The minimum Gasteiger partial charge on any atom is -0.497 e. The summed E-state index contributed by atoms with van der Waals surface area (Å²) in [5.41, 5.74) is 0.946. The maximum absolute atomic E-state index is 12.4. The van der Waals surface area contributed by atoms with Gasteiger partial charge in [0.15, 0.2) is 0 Å². The topological polar surface area (TPSA) is 102 Å². The van der Waals surface area contributed by atoms with E-state index in [0.717, 1.165) is 7.11 Å². The summed E-state index contributed by atoms with van der Waals surface area (Å²) in [5.74, 6) is -0.319. The lowest BCUT2D eigenvalue weighted by Crippen LogP contribution is -2.44. The zero-order chi connectivity index (χ0) is 16.2. The van der Waals surface area contributed by atoms with Gasteiger partial charge in [-0.05, 0) is 37.1 Å². The van der Waals surface area contributed by atoms with Crippen LogP contribution in [0.4, 0.5) is 0 Å². The molecular weight excluding hydrogens is 298 g/mol. The Morgan fingerprint density at radius 1 is 1.29 bits per heavy atom. The van der Waals surface area contributed by atoms with Gasteiger partial charge in [0.25, 0.3) is 0 Å². The van der Waals surface area contributed by atoms with E-state index in [0.29, 0.717) is 16.9 Å². The fourth-order valence-electron chi connectivity index (χ4n) is 2.00. The first-order valence-corrected chi connectivity index (χ1v) is 7.61. The van der Waals surface area contributed by atoms with Gasteiger partial charge in [0.2, 0.25) is 10.0 Å². The molecule has 0 heterocycles. The first-order valence-electron chi connectivity index (χ1n) is 6.13. The van der Waals surface area contributed by atoms with Gasteiger partial charge in [-0.25, -0.2) is 8.42 Å². The lowest BCUT2D eigenvalue weighted by molar-refractivity contribution is -0.143. The molecule has 7 nitrogen and oxygen atoms in total. The van der Waals surface area contributed by atoms with E-state index in [-0.39, 0.29) is 4.90 Å². The first kappa shape index (κ1) is 17.4. The summed E-state index contributed by atoms with van der Waals surface area (Å²) in [6.45, 7) is 2.55. The van der Waals surface area contributed by atoms with Crippen molar-refractivity contribution in [3.8, 4) is 5.75 Å². The number of methoxy groups -OCH3 is 2. The summed E-state index contributed by atoms with van der Waals surface area (Å²) in [6.07, 6.45) is 0. The maximum Gasteiger partial charge on any atom is 0.326 e. The molecule has 2 N–H and O–H groups in total. The average Bonchev–Trinajstić information content (AvgIpc) is 2.42. The van der Waals surface area contributed by atoms with E-state index in [2.05, 4.69) is 9.46 Å². The Bertz CT molecular complexity index is 603. The van der Waals surface area contributed by atoms with E-state index in [9.17, 15) is 13.2 Å². The predicted octanol–water partition coefficient (Wildman–Crippen LogP) is 0.124. The molecule has 0 saturated heterocycles. The van der Waals surface area contributed by atoms with Gasteiger partial charge in [-0.15, -0.1) is 0 Å². The molecule has 1 aromatic carbocycles. The van der Waals surface area contributed by atoms with Crippen molar-refractivity contribution in [2.75, 3.05) is 20.8 Å². The van der Waals surface area contributed by atoms with Gasteiger partial charge in [-0.1, -0.05) is 0 Å². The van der Waals surface area contributed by atoms with Crippen LogP contribution in [0.1, 0.15) is 11.1 Å². The summed E-state index contributed by atoms with van der Waals surface area (Å²) < 4.78 is 36.4. The second-order valence-electron chi connectivity index (χ2n) is 4.47. The minimum absolute atomic E-state index is 0.0469. The Labute approximate surface area is 123 Å². The van der Waals surface area contributed by atoms with Crippen LogP contribution in [0.25, 0.3) is 0 Å². The van der Waals surface area contributed by atoms with Gasteiger partial charge in [-0.2, -0.15) is 4.72 Å². The zero-order valence-electron chi connectivity index (χ0n) is 12.3. The molecule has 0 radical (unpaired) electrons. The van der Waals surface area contributed by atoms with Crippen LogP contribution in [0, 0.1) is 13.8 Å². The van der Waals surface area contributed by atoms with Crippen molar-refractivity contribution >= 4 is 16.0 Å². The number of aliphatic hydroxyl groups excluding tert-OH is 1. The van der Waals surface area contributed by atoms with Crippen molar-refractivity contribution < 1.29 is 27.8 Å². The summed E-state index contributed by atoms with van der Waals surface area (Å²) >= 11 is 0. The van der Waals surface area contributed by atoms with Crippen molar-refractivity contribution in [2.24, 2.45) is 0 Å². The number of sulfonamides is 1. The number of nitrogens with one attached hydrogen (secondary N) is 1. The number of carbonyl (C=O) groups is 1. The van der Waals surface area contributed by atoms with Crippen molar-refractivity contribution in [3.63, 3.8) is 0 Å².